The molecule has 0 amide bonds. The lowest BCUT2D eigenvalue weighted by Gasteiger charge is -2.15. The number of carbonyl (C=O) groups is 2. The van der Waals surface area contributed by atoms with Crippen molar-refractivity contribution >= 4 is 11.9 Å². The Balaban J connectivity index is 1.70. The first-order valence-electron chi connectivity index (χ1n) is 14.1. The largest absolute Gasteiger partial charge is 0.461 e. The molecular formula is C34H38O10. The van der Waals surface area contributed by atoms with Gasteiger partial charge < -0.3 is 39.0 Å². The van der Waals surface area contributed by atoms with E-state index >= 15 is 0 Å². The maximum Gasteiger partial charge on any atom is 0.338 e. The Kier molecular flexibility index (Phi) is 13.4. The van der Waals surface area contributed by atoms with Crippen LogP contribution < -0.4 is 14.2 Å². The lowest BCUT2D eigenvalue weighted by Crippen LogP contribution is -2.14. The number of hydrogen-bond donors (Lipinski definition) is 3. The minimum atomic E-state index is -1.14. The Morgan fingerprint density at radius 2 is 1.27 bits per heavy atom. The number of carbonyl (C=O) groups excluding carboxylic acids is 2. The quantitative estimate of drug-likeness (QED) is 0.0783. The third-order valence-electron chi connectivity index (χ3n) is 6.44. The number of esters is 2. The monoisotopic (exact) mass is 606 g/mol. The molecule has 1 atom stereocenters. The van der Waals surface area contributed by atoms with Crippen molar-refractivity contribution in [3.63, 3.8) is 0 Å². The number of benzene rings is 3. The van der Waals surface area contributed by atoms with Crippen LogP contribution in [-0.2, 0) is 25.5 Å². The standard InChI is InChI=1S/C34H38O10/c1-4-5-6-7-25-8-10-27(11-9-25)34(39)44-29-14-12-26(13-15-29)28-16-30(40-21-42-32(37)23(2)19-35)18-31(17-28)41-22-43-33(38)24(3)20-36/h8-18,34-36,39H,2-7,19-22H2,1H3. The fourth-order valence-corrected chi connectivity index (χ4v) is 3.89. The third-order valence-corrected chi connectivity index (χ3v) is 6.44. The van der Waals surface area contributed by atoms with E-state index in [1.54, 1.807) is 36.4 Å². The number of rotatable bonds is 18. The molecule has 1 unspecified atom stereocenters. The number of aliphatic hydroxyl groups excluding tert-OH is 3. The highest BCUT2D eigenvalue weighted by Gasteiger charge is 2.13. The van der Waals surface area contributed by atoms with Gasteiger partial charge >= 0.3 is 11.9 Å². The molecule has 0 aliphatic rings. The Morgan fingerprint density at radius 3 is 1.77 bits per heavy atom. The molecule has 10 heteroatoms. The molecule has 0 fully saturated rings. The Hall–Kier alpha value is -4.64. The molecule has 3 rings (SSSR count). The van der Waals surface area contributed by atoms with Gasteiger partial charge in [0, 0.05) is 11.6 Å². The normalized spacial score (nSPS) is 11.3. The van der Waals surface area contributed by atoms with Crippen molar-refractivity contribution in [1.29, 1.82) is 0 Å². The summed E-state index contributed by atoms with van der Waals surface area (Å²) in [6, 6.07) is 19.5. The average Bonchev–Trinajstić information content (AvgIpc) is 3.04. The molecule has 0 radical (unpaired) electrons. The van der Waals surface area contributed by atoms with Gasteiger partial charge in [-0.05, 0) is 53.8 Å². The van der Waals surface area contributed by atoms with Crippen LogP contribution in [0.3, 0.4) is 0 Å². The number of aliphatic hydroxyl groups is 3. The van der Waals surface area contributed by atoms with Gasteiger partial charge in [0.2, 0.25) is 19.9 Å². The molecule has 3 aromatic rings. The Labute approximate surface area is 256 Å². The summed E-state index contributed by atoms with van der Waals surface area (Å²) in [7, 11) is 0. The maximum atomic E-state index is 11.8. The third kappa shape index (κ3) is 10.6. The van der Waals surface area contributed by atoms with E-state index < -0.39 is 45.0 Å². The fraction of sp³-hybridized carbons (Fsp3) is 0.294. The van der Waals surface area contributed by atoms with E-state index in [-0.39, 0.29) is 22.6 Å². The minimum Gasteiger partial charge on any atom is -0.461 e. The molecule has 0 saturated heterocycles. The molecule has 3 aromatic carbocycles. The second kappa shape index (κ2) is 17.5. The number of unbranched alkanes of at least 4 members (excludes halogenated alkanes) is 2. The number of ether oxygens (including phenoxy) is 5. The first kappa shape index (κ1) is 33.9. The molecule has 0 saturated carbocycles. The van der Waals surface area contributed by atoms with Crippen molar-refractivity contribution in [3.8, 4) is 28.4 Å². The van der Waals surface area contributed by atoms with Gasteiger partial charge in [-0.15, -0.1) is 0 Å². The zero-order valence-electron chi connectivity index (χ0n) is 24.7. The summed E-state index contributed by atoms with van der Waals surface area (Å²) in [5, 5.41) is 28.7. The zero-order chi connectivity index (χ0) is 31.9. The van der Waals surface area contributed by atoms with E-state index in [1.165, 1.54) is 18.1 Å². The Bertz CT molecular complexity index is 1340. The molecule has 10 nitrogen and oxygen atoms in total. The molecule has 0 aliphatic carbocycles. The van der Waals surface area contributed by atoms with Gasteiger partial charge in [0.1, 0.15) is 17.2 Å². The lowest BCUT2D eigenvalue weighted by molar-refractivity contribution is -0.146. The summed E-state index contributed by atoms with van der Waals surface area (Å²) in [5.74, 6) is -0.641. The van der Waals surface area contributed by atoms with Gasteiger partial charge in [-0.2, -0.15) is 0 Å². The van der Waals surface area contributed by atoms with Crippen molar-refractivity contribution < 1.29 is 48.6 Å². The van der Waals surface area contributed by atoms with E-state index in [4.69, 9.17) is 33.9 Å². The van der Waals surface area contributed by atoms with Gasteiger partial charge in [-0.3, -0.25) is 0 Å². The first-order valence-corrected chi connectivity index (χ1v) is 14.1. The maximum absolute atomic E-state index is 11.8. The molecule has 0 spiro atoms. The molecule has 3 N–H and O–H groups in total. The van der Waals surface area contributed by atoms with Crippen LogP contribution in [0, 0.1) is 0 Å². The molecule has 234 valence electrons. The number of hydrogen-bond acceptors (Lipinski definition) is 10. The summed E-state index contributed by atoms with van der Waals surface area (Å²) >= 11 is 0. The predicted octanol–water partition coefficient (Wildman–Crippen LogP) is 5.01. The van der Waals surface area contributed by atoms with E-state index in [0.29, 0.717) is 16.9 Å². The molecule has 0 aliphatic heterocycles. The van der Waals surface area contributed by atoms with Gasteiger partial charge in [-0.25, -0.2) is 9.59 Å². The second-order valence-electron chi connectivity index (χ2n) is 9.80. The lowest BCUT2D eigenvalue weighted by atomic mass is 10.0. The van der Waals surface area contributed by atoms with Crippen molar-refractivity contribution in [2.75, 3.05) is 26.8 Å². The summed E-state index contributed by atoms with van der Waals surface area (Å²) in [6.45, 7) is 6.96. The van der Waals surface area contributed by atoms with Crippen molar-refractivity contribution in [3.05, 3.63) is 102 Å². The highest BCUT2D eigenvalue weighted by atomic mass is 16.7. The minimum absolute atomic E-state index is 0.121. The highest BCUT2D eigenvalue weighted by molar-refractivity contribution is 5.88. The predicted molar refractivity (Wildman–Crippen MR) is 163 cm³/mol. The van der Waals surface area contributed by atoms with Crippen LogP contribution in [0.2, 0.25) is 0 Å². The van der Waals surface area contributed by atoms with Crippen LogP contribution in [0.25, 0.3) is 11.1 Å². The van der Waals surface area contributed by atoms with Crippen molar-refractivity contribution in [2.45, 2.75) is 38.9 Å². The van der Waals surface area contributed by atoms with E-state index in [2.05, 4.69) is 20.1 Å². The summed E-state index contributed by atoms with van der Waals surface area (Å²) in [5.41, 5.74) is 2.99. The smallest absolute Gasteiger partial charge is 0.338 e. The van der Waals surface area contributed by atoms with Crippen molar-refractivity contribution in [2.24, 2.45) is 0 Å². The number of aryl methyl sites for hydroxylation is 1. The van der Waals surface area contributed by atoms with Gasteiger partial charge in [0.05, 0.1) is 24.4 Å². The molecule has 44 heavy (non-hydrogen) atoms. The fourth-order valence-electron chi connectivity index (χ4n) is 3.89. The van der Waals surface area contributed by atoms with Crippen molar-refractivity contribution in [1.82, 2.24) is 0 Å². The molecule has 0 heterocycles. The summed E-state index contributed by atoms with van der Waals surface area (Å²) in [4.78, 5) is 23.6. The highest BCUT2D eigenvalue weighted by Crippen LogP contribution is 2.32. The van der Waals surface area contributed by atoms with Gasteiger partial charge in [-0.1, -0.05) is 69.3 Å². The topological polar surface area (TPSA) is 141 Å². The zero-order valence-corrected chi connectivity index (χ0v) is 24.7. The SMILES string of the molecule is C=C(CO)C(=O)OCOc1cc(OCOC(=O)C(=C)CO)cc(-c2ccc(OC(O)c3ccc(CCCCC)cc3)cc2)c1. The van der Waals surface area contributed by atoms with Crippen LogP contribution in [-0.4, -0.2) is 54.1 Å². The molecular weight excluding hydrogens is 568 g/mol. The molecule has 0 bridgehead atoms. The van der Waals surface area contributed by atoms with Crippen LogP contribution >= 0.6 is 0 Å². The second-order valence-corrected chi connectivity index (χ2v) is 9.80. The van der Waals surface area contributed by atoms with Gasteiger partial charge in [0.25, 0.3) is 0 Å². The molecule has 0 aromatic heterocycles. The first-order chi connectivity index (χ1) is 21.2. The van der Waals surface area contributed by atoms with E-state index in [9.17, 15) is 14.7 Å². The van der Waals surface area contributed by atoms with Crippen LogP contribution in [0.1, 0.15) is 43.6 Å². The Morgan fingerprint density at radius 1 is 0.727 bits per heavy atom. The van der Waals surface area contributed by atoms with Gasteiger partial charge in [0.15, 0.2) is 0 Å². The van der Waals surface area contributed by atoms with Crippen LogP contribution in [0.4, 0.5) is 0 Å². The average molecular weight is 607 g/mol. The van der Waals surface area contributed by atoms with Crippen LogP contribution in [0.15, 0.2) is 91.0 Å². The van der Waals surface area contributed by atoms with E-state index in [1.807, 2.05) is 24.3 Å². The summed E-state index contributed by atoms with van der Waals surface area (Å²) in [6.07, 6.45) is 3.34. The van der Waals surface area contributed by atoms with E-state index in [0.717, 1.165) is 24.8 Å². The summed E-state index contributed by atoms with van der Waals surface area (Å²) < 4.78 is 26.8. The van der Waals surface area contributed by atoms with Crippen LogP contribution in [0.5, 0.6) is 17.2 Å².